The molecule has 0 aromatic heterocycles. The van der Waals surface area contributed by atoms with Gasteiger partial charge in [-0.1, -0.05) is 31.9 Å². The fourth-order valence-corrected chi connectivity index (χ4v) is 1.56. The molecular weight excluding hydrogens is 256 g/mol. The van der Waals surface area contributed by atoms with E-state index in [0.29, 0.717) is 18.0 Å². The lowest BCUT2D eigenvalue weighted by molar-refractivity contribution is -0.384. The van der Waals surface area contributed by atoms with E-state index in [0.717, 1.165) is 6.42 Å². The number of carbonyl (C=O) groups is 1. The zero-order valence-electron chi connectivity index (χ0n) is 10.3. The van der Waals surface area contributed by atoms with Gasteiger partial charge in [0.05, 0.1) is 4.92 Å². The van der Waals surface area contributed by atoms with Gasteiger partial charge in [0.25, 0.3) is 11.6 Å². The van der Waals surface area contributed by atoms with Gasteiger partial charge >= 0.3 is 0 Å². The molecule has 0 heterocycles. The monoisotopic (exact) mass is 270 g/mol. The number of benzene rings is 1. The topological polar surface area (TPSA) is 72.2 Å². The summed E-state index contributed by atoms with van der Waals surface area (Å²) in [5.41, 5.74) is 0.129. The van der Waals surface area contributed by atoms with Gasteiger partial charge in [0, 0.05) is 18.2 Å². The number of nitrogens with one attached hydrogen (secondary N) is 1. The fourth-order valence-electron chi connectivity index (χ4n) is 1.31. The predicted molar refractivity (Wildman–Crippen MR) is 69.9 cm³/mol. The molecule has 6 heteroatoms. The number of nitro benzene ring substituents is 1. The van der Waals surface area contributed by atoms with Crippen LogP contribution in [0.1, 0.15) is 30.6 Å². The average Bonchev–Trinajstić information content (AvgIpc) is 2.34. The van der Waals surface area contributed by atoms with Gasteiger partial charge < -0.3 is 5.32 Å². The maximum Gasteiger partial charge on any atom is 0.287 e. The standard InChI is InChI=1S/C12H15ClN2O3/c1-3-8(2)7-14-12(16)9-4-5-11(15(17)18)10(13)6-9/h4-6,8H,3,7H2,1-2H3,(H,14,16). The zero-order valence-corrected chi connectivity index (χ0v) is 11.0. The van der Waals surface area contributed by atoms with Crippen molar-refractivity contribution in [1.29, 1.82) is 0 Å². The summed E-state index contributed by atoms with van der Waals surface area (Å²) < 4.78 is 0. The highest BCUT2D eigenvalue weighted by Gasteiger charge is 2.15. The second kappa shape index (κ2) is 6.35. The lowest BCUT2D eigenvalue weighted by Gasteiger charge is -2.10. The van der Waals surface area contributed by atoms with Crippen LogP contribution in [0.4, 0.5) is 5.69 Å². The van der Waals surface area contributed by atoms with Crippen LogP contribution >= 0.6 is 11.6 Å². The summed E-state index contributed by atoms with van der Waals surface area (Å²) >= 11 is 5.74. The lowest BCUT2D eigenvalue weighted by atomic mass is 10.1. The highest BCUT2D eigenvalue weighted by molar-refractivity contribution is 6.33. The second-order valence-corrected chi connectivity index (χ2v) is 4.55. The highest BCUT2D eigenvalue weighted by Crippen LogP contribution is 2.24. The van der Waals surface area contributed by atoms with Crippen molar-refractivity contribution >= 4 is 23.2 Å². The van der Waals surface area contributed by atoms with Crippen molar-refractivity contribution in [3.8, 4) is 0 Å². The first-order valence-electron chi connectivity index (χ1n) is 5.67. The smallest absolute Gasteiger partial charge is 0.287 e. The quantitative estimate of drug-likeness (QED) is 0.660. The van der Waals surface area contributed by atoms with Crippen LogP contribution in [0.15, 0.2) is 18.2 Å². The number of rotatable bonds is 5. The molecule has 98 valence electrons. The number of carbonyl (C=O) groups excluding carboxylic acids is 1. The lowest BCUT2D eigenvalue weighted by Crippen LogP contribution is -2.28. The summed E-state index contributed by atoms with van der Waals surface area (Å²) in [4.78, 5) is 21.8. The Hall–Kier alpha value is -1.62. The van der Waals surface area contributed by atoms with Crippen LogP contribution in [0.25, 0.3) is 0 Å². The minimum absolute atomic E-state index is 0.0313. The van der Waals surface area contributed by atoms with Crippen LogP contribution < -0.4 is 5.32 Å². The third kappa shape index (κ3) is 3.70. The molecular formula is C12H15ClN2O3. The Morgan fingerprint density at radius 3 is 2.72 bits per heavy atom. The van der Waals surface area contributed by atoms with Crippen LogP contribution in [-0.4, -0.2) is 17.4 Å². The minimum atomic E-state index is -0.580. The number of halogens is 1. The van der Waals surface area contributed by atoms with Crippen LogP contribution in [0.3, 0.4) is 0 Å². The van der Waals surface area contributed by atoms with E-state index in [1.165, 1.54) is 18.2 Å². The van der Waals surface area contributed by atoms with E-state index in [2.05, 4.69) is 5.32 Å². The minimum Gasteiger partial charge on any atom is -0.352 e. The first-order chi connectivity index (χ1) is 8.45. The first-order valence-corrected chi connectivity index (χ1v) is 6.05. The van der Waals surface area contributed by atoms with Gasteiger partial charge in [0.15, 0.2) is 0 Å². The largest absolute Gasteiger partial charge is 0.352 e. The maximum atomic E-state index is 11.8. The summed E-state index contributed by atoms with van der Waals surface area (Å²) in [5.74, 6) is 0.120. The summed E-state index contributed by atoms with van der Waals surface area (Å²) in [5, 5.41) is 13.3. The molecule has 0 bridgehead atoms. The number of hydrogen-bond acceptors (Lipinski definition) is 3. The third-order valence-corrected chi connectivity index (χ3v) is 3.02. The van der Waals surface area contributed by atoms with Crippen molar-refractivity contribution < 1.29 is 9.72 Å². The Balaban J connectivity index is 2.76. The van der Waals surface area contributed by atoms with E-state index >= 15 is 0 Å². The van der Waals surface area contributed by atoms with E-state index in [1.54, 1.807) is 0 Å². The molecule has 1 rings (SSSR count). The highest BCUT2D eigenvalue weighted by atomic mass is 35.5. The molecule has 1 aromatic rings. The molecule has 0 aliphatic heterocycles. The van der Waals surface area contributed by atoms with Crippen molar-refractivity contribution in [3.05, 3.63) is 38.9 Å². The molecule has 0 saturated carbocycles. The molecule has 18 heavy (non-hydrogen) atoms. The Bertz CT molecular complexity index is 463. The molecule has 0 aliphatic rings. The molecule has 5 nitrogen and oxygen atoms in total. The van der Waals surface area contributed by atoms with Crippen molar-refractivity contribution in [2.45, 2.75) is 20.3 Å². The Morgan fingerprint density at radius 2 is 2.22 bits per heavy atom. The summed E-state index contributed by atoms with van der Waals surface area (Å²) in [6.07, 6.45) is 0.974. The van der Waals surface area contributed by atoms with Gasteiger partial charge in [-0.25, -0.2) is 0 Å². The van der Waals surface area contributed by atoms with Gasteiger partial charge in [-0.15, -0.1) is 0 Å². The summed E-state index contributed by atoms with van der Waals surface area (Å²) in [6, 6.07) is 3.95. The number of hydrogen-bond donors (Lipinski definition) is 1. The van der Waals surface area contributed by atoms with E-state index in [1.807, 2.05) is 13.8 Å². The number of amides is 1. The molecule has 1 atom stereocenters. The SMILES string of the molecule is CCC(C)CNC(=O)c1ccc([N+](=O)[O-])c(Cl)c1. The molecule has 1 N–H and O–H groups in total. The van der Waals surface area contributed by atoms with E-state index in [9.17, 15) is 14.9 Å². The van der Waals surface area contributed by atoms with E-state index in [4.69, 9.17) is 11.6 Å². The normalized spacial score (nSPS) is 11.9. The van der Waals surface area contributed by atoms with Gasteiger partial charge in [-0.3, -0.25) is 14.9 Å². The van der Waals surface area contributed by atoms with E-state index < -0.39 is 4.92 Å². The third-order valence-electron chi connectivity index (χ3n) is 2.71. The Labute approximate surface area is 110 Å². The number of nitrogens with zero attached hydrogens (tertiary/aromatic N) is 1. The molecule has 0 saturated heterocycles. The molecule has 1 unspecified atom stereocenters. The predicted octanol–water partition coefficient (Wildman–Crippen LogP) is 3.02. The van der Waals surface area contributed by atoms with E-state index in [-0.39, 0.29) is 16.6 Å². The van der Waals surface area contributed by atoms with Gasteiger partial charge in [-0.05, 0) is 18.1 Å². The van der Waals surface area contributed by atoms with Crippen molar-refractivity contribution in [3.63, 3.8) is 0 Å². The zero-order chi connectivity index (χ0) is 13.7. The summed E-state index contributed by atoms with van der Waals surface area (Å²) in [6.45, 7) is 4.65. The van der Waals surface area contributed by atoms with Crippen LogP contribution in [0, 0.1) is 16.0 Å². The number of nitro groups is 1. The van der Waals surface area contributed by atoms with Crippen molar-refractivity contribution in [1.82, 2.24) is 5.32 Å². The van der Waals surface area contributed by atoms with Crippen LogP contribution in [0.2, 0.25) is 5.02 Å². The molecule has 1 aromatic carbocycles. The van der Waals surface area contributed by atoms with Crippen LogP contribution in [-0.2, 0) is 0 Å². The summed E-state index contributed by atoms with van der Waals surface area (Å²) in [7, 11) is 0. The first kappa shape index (κ1) is 14.4. The van der Waals surface area contributed by atoms with Gasteiger partial charge in [-0.2, -0.15) is 0 Å². The molecule has 0 aliphatic carbocycles. The fraction of sp³-hybridized carbons (Fsp3) is 0.417. The Kier molecular flexibility index (Phi) is 5.09. The second-order valence-electron chi connectivity index (χ2n) is 4.15. The van der Waals surface area contributed by atoms with Crippen molar-refractivity contribution in [2.75, 3.05) is 6.54 Å². The van der Waals surface area contributed by atoms with Crippen molar-refractivity contribution in [2.24, 2.45) is 5.92 Å². The average molecular weight is 271 g/mol. The van der Waals surface area contributed by atoms with Crippen LogP contribution in [0.5, 0.6) is 0 Å². The van der Waals surface area contributed by atoms with Gasteiger partial charge in [0.2, 0.25) is 0 Å². The molecule has 1 amide bonds. The Morgan fingerprint density at radius 1 is 1.56 bits per heavy atom. The van der Waals surface area contributed by atoms with Gasteiger partial charge in [0.1, 0.15) is 5.02 Å². The molecule has 0 spiro atoms. The molecule has 0 radical (unpaired) electrons. The maximum absolute atomic E-state index is 11.8. The molecule has 0 fully saturated rings.